The number of benzene rings is 3. The lowest BCUT2D eigenvalue weighted by atomic mass is 10.1. The van der Waals surface area contributed by atoms with E-state index in [4.69, 9.17) is 4.74 Å². The Morgan fingerprint density at radius 1 is 1.03 bits per heavy atom. The topological polar surface area (TPSA) is 126 Å². The van der Waals surface area contributed by atoms with Gasteiger partial charge < -0.3 is 4.74 Å². The van der Waals surface area contributed by atoms with E-state index in [1.54, 1.807) is 30.3 Å². The second-order valence-corrected chi connectivity index (χ2v) is 9.80. The number of ether oxygens (including phenoxy) is 1. The van der Waals surface area contributed by atoms with Crippen molar-refractivity contribution in [3.63, 3.8) is 0 Å². The zero-order chi connectivity index (χ0) is 25.7. The molecule has 0 aliphatic carbocycles. The highest BCUT2D eigenvalue weighted by molar-refractivity contribution is 9.10. The molecule has 0 aliphatic rings. The van der Waals surface area contributed by atoms with Crippen LogP contribution in [0.15, 0.2) is 82.4 Å². The maximum atomic E-state index is 11.6. The molecule has 0 spiro atoms. The highest BCUT2D eigenvalue weighted by atomic mass is 79.9. The predicted octanol–water partition coefficient (Wildman–Crippen LogP) is 5.94. The van der Waals surface area contributed by atoms with Crippen molar-refractivity contribution in [1.82, 2.24) is 14.8 Å². The Balaban J connectivity index is 1.64. The van der Waals surface area contributed by atoms with E-state index in [0.717, 1.165) is 15.7 Å². The molecule has 0 amide bonds. The van der Waals surface area contributed by atoms with Crippen LogP contribution in [0.2, 0.25) is 0 Å². The number of aromatic nitrogens is 3. The standard InChI is InChI=1S/C24H20BrN5O5S/c1-16-26-27-24(29(16)19-5-3-2-4-6-19)36-23(14-28(31)32)21-13-18(25)9-12-22(21)35-15-17-7-10-20(11-8-17)30(33)34/h2-13,23H,14-15H2,1H3/t23-/m1/s1. The third-order valence-electron chi connectivity index (χ3n) is 5.23. The Hall–Kier alpha value is -3.77. The summed E-state index contributed by atoms with van der Waals surface area (Å²) in [6.45, 7) is 1.60. The number of aryl methyl sites for hydroxylation is 1. The van der Waals surface area contributed by atoms with Gasteiger partial charge in [-0.2, -0.15) is 0 Å². The largest absolute Gasteiger partial charge is 0.489 e. The molecule has 0 aliphatic heterocycles. The lowest BCUT2D eigenvalue weighted by molar-refractivity contribution is -0.479. The number of halogens is 1. The van der Waals surface area contributed by atoms with Crippen LogP contribution in [0.5, 0.6) is 5.75 Å². The van der Waals surface area contributed by atoms with Crippen molar-refractivity contribution in [2.24, 2.45) is 0 Å². The fourth-order valence-electron chi connectivity index (χ4n) is 3.53. The Kier molecular flexibility index (Phi) is 7.96. The van der Waals surface area contributed by atoms with E-state index < -0.39 is 10.2 Å². The minimum absolute atomic E-state index is 0.0108. The molecule has 1 atom stereocenters. The van der Waals surface area contributed by atoms with E-state index in [0.29, 0.717) is 22.3 Å². The van der Waals surface area contributed by atoms with Gasteiger partial charge in [-0.25, -0.2) is 0 Å². The summed E-state index contributed by atoms with van der Waals surface area (Å²) >= 11 is 4.69. The Bertz CT molecular complexity index is 1380. The molecule has 0 fully saturated rings. The number of hydrogen-bond donors (Lipinski definition) is 0. The molecule has 3 aromatic carbocycles. The van der Waals surface area contributed by atoms with Gasteiger partial charge in [-0.3, -0.25) is 24.8 Å². The highest BCUT2D eigenvalue weighted by Crippen LogP contribution is 2.41. The number of hydrogen-bond acceptors (Lipinski definition) is 8. The summed E-state index contributed by atoms with van der Waals surface area (Å²) in [5.74, 6) is 1.13. The molecular weight excluding hydrogens is 550 g/mol. The molecule has 36 heavy (non-hydrogen) atoms. The maximum Gasteiger partial charge on any atom is 0.269 e. The summed E-state index contributed by atoms with van der Waals surface area (Å²) < 4.78 is 8.63. The summed E-state index contributed by atoms with van der Waals surface area (Å²) in [4.78, 5) is 21.7. The zero-order valence-corrected chi connectivity index (χ0v) is 21.4. The third kappa shape index (κ3) is 6.07. The van der Waals surface area contributed by atoms with Gasteiger partial charge in [-0.1, -0.05) is 45.9 Å². The van der Waals surface area contributed by atoms with Crippen molar-refractivity contribution >= 4 is 33.4 Å². The third-order valence-corrected chi connectivity index (χ3v) is 6.89. The zero-order valence-electron chi connectivity index (χ0n) is 19.0. The van der Waals surface area contributed by atoms with E-state index in [9.17, 15) is 20.2 Å². The normalized spacial score (nSPS) is 11.7. The number of thioether (sulfide) groups is 1. The first-order valence-corrected chi connectivity index (χ1v) is 12.4. The molecule has 1 aromatic heterocycles. The lowest BCUT2D eigenvalue weighted by Gasteiger charge is -2.18. The Morgan fingerprint density at radius 3 is 2.42 bits per heavy atom. The molecule has 0 N–H and O–H groups in total. The molecule has 4 aromatic rings. The summed E-state index contributed by atoms with van der Waals surface area (Å²) in [7, 11) is 0. The van der Waals surface area contributed by atoms with Gasteiger partial charge in [0.15, 0.2) is 5.16 Å². The van der Waals surface area contributed by atoms with Gasteiger partial charge in [0.1, 0.15) is 23.4 Å². The molecule has 4 rings (SSSR count). The van der Waals surface area contributed by atoms with Gasteiger partial charge in [-0.05, 0) is 55.0 Å². The van der Waals surface area contributed by atoms with E-state index in [1.807, 2.05) is 41.8 Å². The van der Waals surface area contributed by atoms with Crippen LogP contribution in [0.4, 0.5) is 5.69 Å². The van der Waals surface area contributed by atoms with Gasteiger partial charge in [0.25, 0.3) is 5.69 Å². The summed E-state index contributed by atoms with van der Waals surface area (Å²) in [6, 6.07) is 20.9. The van der Waals surface area contributed by atoms with Crippen LogP contribution in [0, 0.1) is 27.2 Å². The molecule has 0 radical (unpaired) electrons. The van der Waals surface area contributed by atoms with Gasteiger partial charge in [-0.15, -0.1) is 10.2 Å². The van der Waals surface area contributed by atoms with Crippen LogP contribution in [-0.2, 0) is 6.61 Å². The average molecular weight is 570 g/mol. The number of nitro groups is 2. The second-order valence-electron chi connectivity index (χ2n) is 7.72. The average Bonchev–Trinajstić information content (AvgIpc) is 3.23. The predicted molar refractivity (Wildman–Crippen MR) is 138 cm³/mol. The first-order chi connectivity index (χ1) is 17.3. The van der Waals surface area contributed by atoms with Crippen molar-refractivity contribution in [1.29, 1.82) is 0 Å². The fraction of sp³-hybridized carbons (Fsp3) is 0.167. The van der Waals surface area contributed by atoms with Crippen LogP contribution < -0.4 is 4.74 Å². The molecule has 0 unspecified atom stereocenters. The number of para-hydroxylation sites is 1. The molecular formula is C24H20BrN5O5S. The van der Waals surface area contributed by atoms with Crippen molar-refractivity contribution in [2.45, 2.75) is 23.9 Å². The molecule has 10 nitrogen and oxygen atoms in total. The van der Waals surface area contributed by atoms with Crippen molar-refractivity contribution in [3.05, 3.63) is 114 Å². The Labute approximate surface area is 218 Å². The van der Waals surface area contributed by atoms with E-state index >= 15 is 0 Å². The van der Waals surface area contributed by atoms with Gasteiger partial charge in [0, 0.05) is 32.8 Å². The summed E-state index contributed by atoms with van der Waals surface area (Å²) in [5, 5.41) is 30.9. The number of nitro benzene ring substituents is 1. The highest BCUT2D eigenvalue weighted by Gasteiger charge is 2.27. The summed E-state index contributed by atoms with van der Waals surface area (Å²) in [5.41, 5.74) is 2.19. The van der Waals surface area contributed by atoms with Gasteiger partial charge in [0.2, 0.25) is 6.54 Å². The fourth-order valence-corrected chi connectivity index (χ4v) is 5.10. The summed E-state index contributed by atoms with van der Waals surface area (Å²) in [6.07, 6.45) is 0. The minimum atomic E-state index is -0.629. The molecule has 0 bridgehead atoms. The van der Waals surface area contributed by atoms with E-state index in [-0.39, 0.29) is 23.8 Å². The SMILES string of the molecule is Cc1nnc(S[C@H](C[N+](=O)[O-])c2cc(Br)ccc2OCc2ccc([N+](=O)[O-])cc2)n1-c1ccccc1. The van der Waals surface area contributed by atoms with Crippen LogP contribution in [0.3, 0.4) is 0 Å². The lowest BCUT2D eigenvalue weighted by Crippen LogP contribution is -2.12. The smallest absolute Gasteiger partial charge is 0.269 e. The molecule has 184 valence electrons. The molecule has 0 saturated heterocycles. The maximum absolute atomic E-state index is 11.6. The van der Waals surface area contributed by atoms with Crippen molar-refractivity contribution in [3.8, 4) is 11.4 Å². The monoisotopic (exact) mass is 569 g/mol. The van der Waals surface area contributed by atoms with Crippen molar-refractivity contribution in [2.75, 3.05) is 6.54 Å². The minimum Gasteiger partial charge on any atom is -0.489 e. The number of nitrogens with zero attached hydrogens (tertiary/aromatic N) is 5. The van der Waals surface area contributed by atoms with Crippen LogP contribution in [-0.4, -0.2) is 31.2 Å². The van der Waals surface area contributed by atoms with E-state index in [2.05, 4.69) is 26.1 Å². The second kappa shape index (κ2) is 11.3. The van der Waals surface area contributed by atoms with E-state index in [1.165, 1.54) is 23.9 Å². The van der Waals surface area contributed by atoms with Crippen LogP contribution in [0.25, 0.3) is 5.69 Å². The number of non-ortho nitro benzene ring substituents is 1. The Morgan fingerprint density at radius 2 is 1.75 bits per heavy atom. The van der Waals surface area contributed by atoms with Gasteiger partial charge in [0.05, 0.1) is 4.92 Å². The first kappa shape index (κ1) is 25.3. The molecule has 0 saturated carbocycles. The van der Waals surface area contributed by atoms with Crippen molar-refractivity contribution < 1.29 is 14.6 Å². The first-order valence-electron chi connectivity index (χ1n) is 10.7. The molecule has 12 heteroatoms. The molecule has 1 heterocycles. The number of rotatable bonds is 10. The van der Waals surface area contributed by atoms with Crippen LogP contribution in [0.1, 0.15) is 22.2 Å². The van der Waals surface area contributed by atoms with Gasteiger partial charge >= 0.3 is 0 Å². The van der Waals surface area contributed by atoms with Crippen LogP contribution >= 0.6 is 27.7 Å². The quantitative estimate of drug-likeness (QED) is 0.130.